The van der Waals surface area contributed by atoms with E-state index in [1.807, 2.05) is 36.4 Å². The smallest absolute Gasteiger partial charge is 0.0919 e. The first-order valence-corrected chi connectivity index (χ1v) is 7.79. The van der Waals surface area contributed by atoms with Gasteiger partial charge in [-0.25, -0.2) is 0 Å². The van der Waals surface area contributed by atoms with Crippen LogP contribution in [0.2, 0.25) is 0 Å². The SMILES string of the molecule is CP(=CC#N)(c1ccccc1)c1ccccc1. The van der Waals surface area contributed by atoms with Crippen LogP contribution in [0.25, 0.3) is 0 Å². The highest BCUT2D eigenvalue weighted by molar-refractivity contribution is 7.88. The van der Waals surface area contributed by atoms with E-state index in [0.29, 0.717) is 0 Å². The molecule has 0 bridgehead atoms. The summed E-state index contributed by atoms with van der Waals surface area (Å²) in [4.78, 5) is 0. The van der Waals surface area contributed by atoms with E-state index in [1.165, 1.54) is 10.6 Å². The van der Waals surface area contributed by atoms with Gasteiger partial charge in [0.1, 0.15) is 0 Å². The Morgan fingerprint density at radius 1 is 0.882 bits per heavy atom. The quantitative estimate of drug-likeness (QED) is 0.739. The van der Waals surface area contributed by atoms with Crippen molar-refractivity contribution in [1.82, 2.24) is 0 Å². The van der Waals surface area contributed by atoms with Crippen LogP contribution in [-0.2, 0) is 0 Å². The van der Waals surface area contributed by atoms with Crippen LogP contribution in [0.4, 0.5) is 0 Å². The standard InChI is InChI=1S/C15H14NP/c1-17(13-12-16,14-8-4-2-5-9-14)15-10-6-3-7-11-15/h2-11,13H,1H3. The zero-order valence-corrected chi connectivity index (χ0v) is 10.6. The van der Waals surface area contributed by atoms with Crippen molar-refractivity contribution in [2.24, 2.45) is 0 Å². The van der Waals surface area contributed by atoms with Gasteiger partial charge in [-0.05, 0) is 24.2 Å². The summed E-state index contributed by atoms with van der Waals surface area (Å²) in [7, 11) is 0. The summed E-state index contributed by atoms with van der Waals surface area (Å²) in [5.41, 5.74) is 0. The van der Waals surface area contributed by atoms with Gasteiger partial charge in [0.2, 0.25) is 0 Å². The third kappa shape index (κ3) is 2.33. The van der Waals surface area contributed by atoms with Crippen LogP contribution in [0.1, 0.15) is 0 Å². The number of benzene rings is 2. The number of hydrogen-bond donors (Lipinski definition) is 0. The Balaban J connectivity index is 2.65. The van der Waals surface area contributed by atoms with Crippen LogP contribution in [-0.4, -0.2) is 12.5 Å². The Kier molecular flexibility index (Phi) is 3.47. The van der Waals surface area contributed by atoms with E-state index in [1.54, 1.807) is 5.80 Å². The number of rotatable bonds is 2. The molecular weight excluding hydrogens is 225 g/mol. The molecule has 0 amide bonds. The number of nitrogens with zero attached hydrogens (tertiary/aromatic N) is 1. The first-order chi connectivity index (χ1) is 8.27. The summed E-state index contributed by atoms with van der Waals surface area (Å²) in [5, 5.41) is 11.5. The molecule has 0 saturated heterocycles. The summed E-state index contributed by atoms with van der Waals surface area (Å²) in [5.74, 6) is 1.80. The lowest BCUT2D eigenvalue weighted by molar-refractivity contribution is 1.56. The normalized spacial score (nSPS) is 10.6. The van der Waals surface area contributed by atoms with Crippen LogP contribution in [0.3, 0.4) is 0 Å². The Hall–Kier alpha value is -1.77. The third-order valence-electron chi connectivity index (χ3n) is 2.90. The van der Waals surface area contributed by atoms with Crippen LogP contribution < -0.4 is 10.6 Å². The summed E-state index contributed by atoms with van der Waals surface area (Å²) < 4.78 is 0. The molecule has 0 fully saturated rings. The maximum Gasteiger partial charge on any atom is 0.0919 e. The third-order valence-corrected chi connectivity index (χ3v) is 6.27. The molecule has 0 unspecified atom stereocenters. The molecule has 84 valence electrons. The predicted octanol–water partition coefficient (Wildman–Crippen LogP) is 2.61. The summed E-state index contributed by atoms with van der Waals surface area (Å²) in [6.45, 7) is 0.521. The van der Waals surface area contributed by atoms with Crippen molar-refractivity contribution < 1.29 is 0 Å². The fourth-order valence-corrected chi connectivity index (χ4v) is 4.30. The molecule has 0 saturated carbocycles. The van der Waals surface area contributed by atoms with E-state index in [-0.39, 0.29) is 0 Å². The minimum atomic E-state index is -1.66. The molecule has 0 aliphatic heterocycles. The van der Waals surface area contributed by atoms with Crippen molar-refractivity contribution in [2.45, 2.75) is 0 Å². The Morgan fingerprint density at radius 2 is 1.29 bits per heavy atom. The Morgan fingerprint density at radius 3 is 1.65 bits per heavy atom. The van der Waals surface area contributed by atoms with Gasteiger partial charge in [0.25, 0.3) is 0 Å². The van der Waals surface area contributed by atoms with Crippen LogP contribution >= 0.6 is 6.89 Å². The molecule has 2 rings (SSSR count). The van der Waals surface area contributed by atoms with Crippen molar-refractivity contribution in [3.05, 3.63) is 60.7 Å². The molecule has 2 aromatic rings. The summed E-state index contributed by atoms with van der Waals surface area (Å²) >= 11 is 0. The lowest BCUT2D eigenvalue weighted by atomic mass is 10.4. The van der Waals surface area contributed by atoms with Crippen molar-refractivity contribution in [3.63, 3.8) is 0 Å². The van der Waals surface area contributed by atoms with Crippen LogP contribution in [0, 0.1) is 11.3 Å². The molecule has 0 aromatic heterocycles. The van der Waals surface area contributed by atoms with Gasteiger partial charge in [0.15, 0.2) is 0 Å². The van der Waals surface area contributed by atoms with E-state index >= 15 is 0 Å². The summed E-state index contributed by atoms with van der Waals surface area (Å²) in [6.07, 6.45) is 0. The van der Waals surface area contributed by atoms with Gasteiger partial charge in [-0.1, -0.05) is 60.7 Å². The van der Waals surface area contributed by atoms with Crippen molar-refractivity contribution in [3.8, 4) is 6.07 Å². The molecule has 0 aliphatic rings. The molecule has 0 spiro atoms. The maximum atomic E-state index is 9.05. The highest BCUT2D eigenvalue weighted by atomic mass is 31.2. The van der Waals surface area contributed by atoms with Crippen LogP contribution in [0.15, 0.2) is 60.7 Å². The lowest BCUT2D eigenvalue weighted by Gasteiger charge is -2.21. The van der Waals surface area contributed by atoms with E-state index < -0.39 is 6.89 Å². The van der Waals surface area contributed by atoms with Gasteiger partial charge < -0.3 is 0 Å². The monoisotopic (exact) mass is 239 g/mol. The van der Waals surface area contributed by atoms with E-state index in [9.17, 15) is 0 Å². The van der Waals surface area contributed by atoms with Gasteiger partial charge >= 0.3 is 0 Å². The molecule has 1 nitrogen and oxygen atoms in total. The predicted molar refractivity (Wildman–Crippen MR) is 76.7 cm³/mol. The first kappa shape index (κ1) is 11.7. The van der Waals surface area contributed by atoms with Gasteiger partial charge in [0, 0.05) is 5.80 Å². The minimum Gasteiger partial charge on any atom is -0.193 e. The Labute approximate surface area is 102 Å². The average molecular weight is 239 g/mol. The molecule has 0 radical (unpaired) electrons. The topological polar surface area (TPSA) is 23.8 Å². The number of nitriles is 1. The largest absolute Gasteiger partial charge is 0.193 e. The van der Waals surface area contributed by atoms with E-state index in [4.69, 9.17) is 5.26 Å². The average Bonchev–Trinajstić information content (AvgIpc) is 2.41. The second kappa shape index (κ2) is 5.04. The zero-order chi connectivity index (χ0) is 12.1. The second-order valence-electron chi connectivity index (χ2n) is 4.00. The van der Waals surface area contributed by atoms with Gasteiger partial charge in [0.05, 0.1) is 6.07 Å². The zero-order valence-electron chi connectivity index (χ0n) is 9.75. The molecule has 2 aromatic carbocycles. The highest BCUT2D eigenvalue weighted by Gasteiger charge is 2.15. The molecule has 0 N–H and O–H groups in total. The van der Waals surface area contributed by atoms with E-state index in [2.05, 4.69) is 37.0 Å². The Bertz CT molecular complexity index is 536. The molecule has 17 heavy (non-hydrogen) atoms. The second-order valence-corrected chi connectivity index (χ2v) is 7.45. The molecule has 0 aliphatic carbocycles. The number of hydrogen-bond acceptors (Lipinski definition) is 1. The summed E-state index contributed by atoms with van der Waals surface area (Å²) in [6, 6.07) is 22.8. The maximum absolute atomic E-state index is 9.05. The minimum absolute atomic E-state index is 1.24. The van der Waals surface area contributed by atoms with Crippen molar-refractivity contribution in [1.29, 1.82) is 5.26 Å². The highest BCUT2D eigenvalue weighted by Crippen LogP contribution is 2.39. The van der Waals surface area contributed by atoms with Gasteiger partial charge in [-0.3, -0.25) is 0 Å². The fraction of sp³-hybridized carbons (Fsp3) is 0.0667. The van der Waals surface area contributed by atoms with E-state index in [0.717, 1.165) is 0 Å². The van der Waals surface area contributed by atoms with Crippen LogP contribution in [0.5, 0.6) is 0 Å². The molecule has 0 heterocycles. The van der Waals surface area contributed by atoms with Gasteiger partial charge in [-0.2, -0.15) is 5.26 Å². The molecule has 0 atom stereocenters. The lowest BCUT2D eigenvalue weighted by Crippen LogP contribution is -2.16. The molecular formula is C15H14NP. The fourth-order valence-electron chi connectivity index (χ4n) is 1.89. The van der Waals surface area contributed by atoms with Crippen molar-refractivity contribution >= 4 is 23.3 Å². The van der Waals surface area contributed by atoms with Gasteiger partial charge in [-0.15, -0.1) is 0 Å². The first-order valence-electron chi connectivity index (χ1n) is 5.49. The van der Waals surface area contributed by atoms with Crippen molar-refractivity contribution in [2.75, 3.05) is 6.66 Å². The molecule has 2 heteroatoms.